The molecule has 0 aliphatic carbocycles. The lowest BCUT2D eigenvalue weighted by molar-refractivity contribution is 0.414. The van der Waals surface area contributed by atoms with E-state index < -0.39 is 0 Å². The minimum absolute atomic E-state index is 0.747. The molecule has 98 valence electrons. The molecule has 2 aromatic rings. The number of ether oxygens (including phenoxy) is 1. The smallest absolute Gasteiger partial charge is 0.134 e. The minimum Gasteiger partial charge on any atom is -0.497 e. The first-order valence-corrected chi connectivity index (χ1v) is 7.64. The van der Waals surface area contributed by atoms with Gasteiger partial charge in [0.15, 0.2) is 0 Å². The Balaban J connectivity index is 1.91. The Morgan fingerprint density at radius 2 is 2.32 bits per heavy atom. The Bertz CT molecular complexity index is 667. The number of benzene rings is 1. The van der Waals surface area contributed by atoms with Gasteiger partial charge in [-0.15, -0.1) is 0 Å². The van der Waals surface area contributed by atoms with E-state index >= 15 is 0 Å². The van der Waals surface area contributed by atoms with Crippen LogP contribution in [0.1, 0.15) is 22.6 Å². The van der Waals surface area contributed by atoms with Crippen LogP contribution in [0.5, 0.6) is 5.75 Å². The predicted molar refractivity (Wildman–Crippen MR) is 80.2 cm³/mol. The standard InChI is InChI=1S/C14H14N2OS2/c1-17-10-4-2-3-9(5-10)6-13-15-12-8-19-7-11(12)14(18)16-13/h2-5H,6-8H2,1H3,(H,15,16,18). The molecule has 0 bridgehead atoms. The first kappa shape index (κ1) is 12.7. The Morgan fingerprint density at radius 3 is 3.16 bits per heavy atom. The van der Waals surface area contributed by atoms with Gasteiger partial charge in [-0.05, 0) is 17.7 Å². The van der Waals surface area contributed by atoms with Crippen molar-refractivity contribution >= 4 is 24.0 Å². The number of aromatic amines is 1. The molecule has 0 amide bonds. The largest absolute Gasteiger partial charge is 0.497 e. The fourth-order valence-corrected chi connectivity index (χ4v) is 3.65. The molecule has 0 atom stereocenters. The summed E-state index contributed by atoms with van der Waals surface area (Å²) in [4.78, 5) is 7.91. The lowest BCUT2D eigenvalue weighted by Crippen LogP contribution is -2.02. The third-order valence-electron chi connectivity index (χ3n) is 3.15. The highest BCUT2D eigenvalue weighted by Gasteiger charge is 2.15. The lowest BCUT2D eigenvalue weighted by atomic mass is 10.1. The van der Waals surface area contributed by atoms with Crippen LogP contribution >= 0.6 is 24.0 Å². The summed E-state index contributed by atoms with van der Waals surface area (Å²) in [7, 11) is 1.68. The molecule has 0 unspecified atom stereocenters. The van der Waals surface area contributed by atoms with Crippen molar-refractivity contribution in [2.24, 2.45) is 0 Å². The van der Waals surface area contributed by atoms with Crippen molar-refractivity contribution in [3.8, 4) is 5.75 Å². The van der Waals surface area contributed by atoms with Crippen LogP contribution in [0.15, 0.2) is 24.3 Å². The zero-order chi connectivity index (χ0) is 13.2. The maximum absolute atomic E-state index is 5.36. The number of nitrogens with one attached hydrogen (secondary N) is 1. The zero-order valence-electron chi connectivity index (χ0n) is 10.6. The van der Waals surface area contributed by atoms with E-state index in [1.807, 2.05) is 30.0 Å². The molecule has 1 N–H and O–H groups in total. The van der Waals surface area contributed by atoms with Crippen molar-refractivity contribution in [2.45, 2.75) is 17.9 Å². The number of thioether (sulfide) groups is 1. The normalized spacial score (nSPS) is 13.3. The Labute approximate surface area is 121 Å². The van der Waals surface area contributed by atoms with E-state index in [4.69, 9.17) is 17.0 Å². The highest BCUT2D eigenvalue weighted by molar-refractivity contribution is 7.98. The number of hydrogen-bond donors (Lipinski definition) is 1. The third-order valence-corrected chi connectivity index (χ3v) is 4.48. The minimum atomic E-state index is 0.747. The van der Waals surface area contributed by atoms with Gasteiger partial charge in [0, 0.05) is 29.2 Å². The first-order valence-electron chi connectivity index (χ1n) is 6.08. The molecule has 0 fully saturated rings. The van der Waals surface area contributed by atoms with Gasteiger partial charge in [-0.25, -0.2) is 4.98 Å². The maximum Gasteiger partial charge on any atom is 0.134 e. The fraction of sp³-hybridized carbons (Fsp3) is 0.286. The molecule has 3 rings (SSSR count). The number of H-pyrrole nitrogens is 1. The second-order valence-electron chi connectivity index (χ2n) is 4.47. The number of hydrogen-bond acceptors (Lipinski definition) is 4. The van der Waals surface area contributed by atoms with E-state index in [1.54, 1.807) is 7.11 Å². The average Bonchev–Trinajstić information content (AvgIpc) is 2.88. The van der Waals surface area contributed by atoms with Gasteiger partial charge in [0.25, 0.3) is 0 Å². The molecular formula is C14H14N2OS2. The summed E-state index contributed by atoms with van der Waals surface area (Å²) in [5, 5.41) is 0. The van der Waals surface area contributed by atoms with E-state index in [0.717, 1.165) is 34.1 Å². The summed E-state index contributed by atoms with van der Waals surface area (Å²) < 4.78 is 5.98. The molecule has 19 heavy (non-hydrogen) atoms. The van der Waals surface area contributed by atoms with Crippen molar-refractivity contribution in [1.82, 2.24) is 9.97 Å². The van der Waals surface area contributed by atoms with Crippen molar-refractivity contribution in [3.05, 3.63) is 51.6 Å². The predicted octanol–water partition coefficient (Wildman–Crippen LogP) is 3.49. The molecule has 2 heterocycles. The molecule has 0 spiro atoms. The molecule has 5 heteroatoms. The number of rotatable bonds is 3. The monoisotopic (exact) mass is 290 g/mol. The number of aromatic nitrogens is 2. The van der Waals surface area contributed by atoms with Crippen LogP contribution in [0, 0.1) is 4.64 Å². The van der Waals surface area contributed by atoms with Crippen LogP contribution in [-0.4, -0.2) is 17.1 Å². The molecule has 1 aliphatic rings. The molecule has 1 aliphatic heterocycles. The summed E-state index contributed by atoms with van der Waals surface area (Å²) >= 11 is 7.24. The van der Waals surface area contributed by atoms with Crippen molar-refractivity contribution in [2.75, 3.05) is 7.11 Å². The van der Waals surface area contributed by atoms with Gasteiger partial charge >= 0.3 is 0 Å². The van der Waals surface area contributed by atoms with E-state index in [0.29, 0.717) is 0 Å². The van der Waals surface area contributed by atoms with Crippen LogP contribution in [0.4, 0.5) is 0 Å². The van der Waals surface area contributed by atoms with Gasteiger partial charge in [-0.2, -0.15) is 11.8 Å². The molecule has 0 radical (unpaired) electrons. The molecule has 1 aromatic heterocycles. The number of fused-ring (bicyclic) bond motifs is 1. The van der Waals surface area contributed by atoms with E-state index in [-0.39, 0.29) is 0 Å². The molecular weight excluding hydrogens is 276 g/mol. The quantitative estimate of drug-likeness (QED) is 0.878. The van der Waals surface area contributed by atoms with Crippen LogP contribution in [0.3, 0.4) is 0 Å². The summed E-state index contributed by atoms with van der Waals surface area (Å²) in [6.45, 7) is 0. The van der Waals surface area contributed by atoms with Crippen LogP contribution in [-0.2, 0) is 17.9 Å². The highest BCUT2D eigenvalue weighted by atomic mass is 32.2. The average molecular weight is 290 g/mol. The fourth-order valence-electron chi connectivity index (χ4n) is 2.18. The number of nitrogens with zero attached hydrogens (tertiary/aromatic N) is 1. The van der Waals surface area contributed by atoms with Gasteiger partial charge < -0.3 is 9.72 Å². The van der Waals surface area contributed by atoms with Gasteiger partial charge in [0.1, 0.15) is 16.2 Å². The topological polar surface area (TPSA) is 37.9 Å². The molecule has 0 saturated carbocycles. The van der Waals surface area contributed by atoms with Crippen LogP contribution < -0.4 is 4.74 Å². The Morgan fingerprint density at radius 1 is 1.42 bits per heavy atom. The van der Waals surface area contributed by atoms with Gasteiger partial charge in [0.2, 0.25) is 0 Å². The highest BCUT2D eigenvalue weighted by Crippen LogP contribution is 2.28. The number of methoxy groups -OCH3 is 1. The summed E-state index contributed by atoms with van der Waals surface area (Å²) in [5.41, 5.74) is 3.61. The zero-order valence-corrected chi connectivity index (χ0v) is 12.2. The second kappa shape index (κ2) is 5.35. The second-order valence-corrected chi connectivity index (χ2v) is 5.84. The summed E-state index contributed by atoms with van der Waals surface area (Å²) in [5.74, 6) is 3.79. The van der Waals surface area contributed by atoms with Crippen molar-refractivity contribution < 1.29 is 4.74 Å². The SMILES string of the molecule is COc1cccc(Cc2nc(=S)c3c([nH]2)CSC3)c1. The maximum atomic E-state index is 5.36. The van der Waals surface area contributed by atoms with Gasteiger partial charge in [0.05, 0.1) is 7.11 Å². The van der Waals surface area contributed by atoms with Gasteiger partial charge in [-0.3, -0.25) is 0 Å². The summed E-state index contributed by atoms with van der Waals surface area (Å²) in [6.07, 6.45) is 0.749. The molecule has 1 aromatic carbocycles. The molecule has 0 saturated heterocycles. The van der Waals surface area contributed by atoms with Crippen LogP contribution in [0.25, 0.3) is 0 Å². The third kappa shape index (κ3) is 2.67. The van der Waals surface area contributed by atoms with Crippen LogP contribution in [0.2, 0.25) is 0 Å². The Hall–Kier alpha value is -1.33. The first-order chi connectivity index (χ1) is 9.26. The van der Waals surface area contributed by atoms with E-state index in [1.165, 1.54) is 16.8 Å². The van der Waals surface area contributed by atoms with Crippen molar-refractivity contribution in [1.29, 1.82) is 0 Å². The summed E-state index contributed by atoms with van der Waals surface area (Å²) in [6, 6.07) is 8.04. The van der Waals surface area contributed by atoms with Gasteiger partial charge in [-0.1, -0.05) is 24.4 Å². The van der Waals surface area contributed by atoms with Crippen molar-refractivity contribution in [3.63, 3.8) is 0 Å². The Kier molecular flexibility index (Phi) is 3.57. The molecule has 3 nitrogen and oxygen atoms in total. The lowest BCUT2D eigenvalue weighted by Gasteiger charge is -2.06. The van der Waals surface area contributed by atoms with E-state index in [9.17, 15) is 0 Å². The van der Waals surface area contributed by atoms with E-state index in [2.05, 4.69) is 16.0 Å².